The van der Waals surface area contributed by atoms with Gasteiger partial charge in [-0.15, -0.1) is 5.92 Å². The first kappa shape index (κ1) is 8.29. The van der Waals surface area contributed by atoms with Crippen LogP contribution in [-0.2, 0) is 4.79 Å². The molecule has 1 rings (SSSR count). The molecule has 0 amide bonds. The first-order valence-electron chi connectivity index (χ1n) is 3.96. The van der Waals surface area contributed by atoms with Crippen molar-refractivity contribution in [2.45, 2.75) is 19.8 Å². The Labute approximate surface area is 67.6 Å². The molecule has 1 saturated heterocycles. The van der Waals surface area contributed by atoms with Crippen molar-refractivity contribution in [3.8, 4) is 11.8 Å². The first-order chi connectivity index (χ1) is 5.33. The van der Waals surface area contributed by atoms with Crippen LogP contribution in [0.2, 0.25) is 0 Å². The van der Waals surface area contributed by atoms with Crippen LogP contribution in [0.4, 0.5) is 0 Å². The van der Waals surface area contributed by atoms with Gasteiger partial charge in [-0.2, -0.15) is 0 Å². The van der Waals surface area contributed by atoms with Gasteiger partial charge < -0.3 is 0 Å². The number of nitrogens with zero attached hydrogens (tertiary/aromatic N) is 1. The zero-order valence-corrected chi connectivity index (χ0v) is 6.89. The summed E-state index contributed by atoms with van der Waals surface area (Å²) in [4.78, 5) is 13.0. The van der Waals surface area contributed by atoms with E-state index < -0.39 is 0 Å². The van der Waals surface area contributed by atoms with Crippen LogP contribution in [0.25, 0.3) is 0 Å². The predicted molar refractivity (Wildman–Crippen MR) is 44.1 cm³/mol. The van der Waals surface area contributed by atoms with Gasteiger partial charge in [-0.3, -0.25) is 9.69 Å². The molecule has 2 nitrogen and oxygen atoms in total. The Morgan fingerprint density at radius 2 is 2.45 bits per heavy atom. The second kappa shape index (κ2) is 4.15. The molecule has 0 aromatic heterocycles. The highest BCUT2D eigenvalue weighted by atomic mass is 16.1. The predicted octanol–water partition coefficient (Wildman–Crippen LogP) is 0.675. The van der Waals surface area contributed by atoms with E-state index in [1.54, 1.807) is 0 Å². The lowest BCUT2D eigenvalue weighted by Gasteiger charge is -2.22. The van der Waals surface area contributed by atoms with Gasteiger partial charge in [-0.1, -0.05) is 5.92 Å². The molecule has 0 unspecified atom stereocenters. The molecule has 0 bridgehead atoms. The average Bonchev–Trinajstić information content (AvgIpc) is 2.01. The Kier molecular flexibility index (Phi) is 3.13. The normalized spacial score (nSPS) is 19.2. The van der Waals surface area contributed by atoms with Gasteiger partial charge in [0.2, 0.25) is 0 Å². The Hall–Kier alpha value is -0.810. The average molecular weight is 151 g/mol. The molecule has 11 heavy (non-hydrogen) atoms. The number of ketones is 1. The minimum absolute atomic E-state index is 0.356. The molecule has 0 aromatic carbocycles. The fourth-order valence-electron chi connectivity index (χ4n) is 1.23. The van der Waals surface area contributed by atoms with Crippen LogP contribution in [0.15, 0.2) is 0 Å². The number of likely N-dealkylation sites (tertiary alicyclic amines) is 1. The van der Waals surface area contributed by atoms with Gasteiger partial charge in [-0.05, 0) is 19.9 Å². The smallest absolute Gasteiger partial charge is 0.146 e. The molecule has 1 fully saturated rings. The van der Waals surface area contributed by atoms with Crippen LogP contribution in [0.3, 0.4) is 0 Å². The second-order valence-corrected chi connectivity index (χ2v) is 2.78. The molecule has 1 heterocycles. The van der Waals surface area contributed by atoms with Crippen LogP contribution in [0.1, 0.15) is 19.8 Å². The highest BCUT2D eigenvalue weighted by Crippen LogP contribution is 2.03. The highest BCUT2D eigenvalue weighted by Gasteiger charge is 2.14. The molecule has 60 valence electrons. The number of carbonyl (C=O) groups excluding carboxylic acids is 1. The topological polar surface area (TPSA) is 20.3 Å². The Morgan fingerprint density at radius 1 is 1.64 bits per heavy atom. The largest absolute Gasteiger partial charge is 0.298 e. The SMILES string of the molecule is CC#CCN1CCCC(=O)C1. The molecule has 1 aliphatic heterocycles. The van der Waals surface area contributed by atoms with Crippen molar-refractivity contribution in [2.75, 3.05) is 19.6 Å². The van der Waals surface area contributed by atoms with Crippen molar-refractivity contribution >= 4 is 5.78 Å². The number of hydrogen-bond acceptors (Lipinski definition) is 2. The molecule has 0 saturated carbocycles. The molecule has 2 heteroatoms. The van der Waals surface area contributed by atoms with E-state index in [0.717, 1.165) is 25.9 Å². The van der Waals surface area contributed by atoms with E-state index in [1.807, 2.05) is 6.92 Å². The van der Waals surface area contributed by atoms with E-state index in [4.69, 9.17) is 0 Å². The maximum absolute atomic E-state index is 10.9. The molecule has 0 aromatic rings. The lowest BCUT2D eigenvalue weighted by Crippen LogP contribution is -2.35. The summed E-state index contributed by atoms with van der Waals surface area (Å²) in [7, 11) is 0. The van der Waals surface area contributed by atoms with Gasteiger partial charge in [0.05, 0.1) is 13.1 Å². The molecule has 0 aliphatic carbocycles. The number of rotatable bonds is 1. The molecule has 0 spiro atoms. The van der Waals surface area contributed by atoms with Crippen LogP contribution >= 0.6 is 0 Å². The summed E-state index contributed by atoms with van der Waals surface area (Å²) in [5.41, 5.74) is 0. The van der Waals surface area contributed by atoms with E-state index in [-0.39, 0.29) is 0 Å². The van der Waals surface area contributed by atoms with Crippen molar-refractivity contribution in [2.24, 2.45) is 0 Å². The zero-order chi connectivity index (χ0) is 8.10. The molecule has 0 N–H and O–H groups in total. The van der Waals surface area contributed by atoms with Crippen LogP contribution in [-0.4, -0.2) is 30.3 Å². The van der Waals surface area contributed by atoms with Gasteiger partial charge in [0, 0.05) is 6.42 Å². The summed E-state index contributed by atoms with van der Waals surface area (Å²) < 4.78 is 0. The van der Waals surface area contributed by atoms with E-state index in [0.29, 0.717) is 12.3 Å². The van der Waals surface area contributed by atoms with Crippen molar-refractivity contribution in [1.82, 2.24) is 4.90 Å². The molecular formula is C9H13NO. The molecular weight excluding hydrogens is 138 g/mol. The zero-order valence-electron chi connectivity index (χ0n) is 6.89. The number of piperidine rings is 1. The maximum Gasteiger partial charge on any atom is 0.146 e. The molecule has 0 atom stereocenters. The Bertz CT molecular complexity index is 199. The van der Waals surface area contributed by atoms with E-state index in [9.17, 15) is 4.79 Å². The monoisotopic (exact) mass is 151 g/mol. The fraction of sp³-hybridized carbons (Fsp3) is 0.667. The van der Waals surface area contributed by atoms with Gasteiger partial charge in [-0.25, -0.2) is 0 Å². The van der Waals surface area contributed by atoms with Crippen molar-refractivity contribution in [3.05, 3.63) is 0 Å². The summed E-state index contributed by atoms with van der Waals surface area (Å²) in [6, 6.07) is 0. The van der Waals surface area contributed by atoms with Crippen molar-refractivity contribution in [1.29, 1.82) is 0 Å². The third-order valence-electron chi connectivity index (χ3n) is 1.81. The van der Waals surface area contributed by atoms with Gasteiger partial charge in [0.1, 0.15) is 5.78 Å². The third kappa shape index (κ3) is 2.73. The van der Waals surface area contributed by atoms with Gasteiger partial charge in [0.25, 0.3) is 0 Å². The van der Waals surface area contributed by atoms with Gasteiger partial charge in [0.15, 0.2) is 0 Å². The lowest BCUT2D eigenvalue weighted by atomic mass is 10.1. The third-order valence-corrected chi connectivity index (χ3v) is 1.81. The van der Waals surface area contributed by atoms with E-state index >= 15 is 0 Å². The van der Waals surface area contributed by atoms with Crippen LogP contribution in [0, 0.1) is 11.8 Å². The second-order valence-electron chi connectivity index (χ2n) is 2.78. The number of carbonyl (C=O) groups is 1. The summed E-state index contributed by atoms with van der Waals surface area (Å²) in [5.74, 6) is 6.14. The highest BCUT2D eigenvalue weighted by molar-refractivity contribution is 5.81. The lowest BCUT2D eigenvalue weighted by molar-refractivity contribution is -0.121. The minimum atomic E-state index is 0.356. The van der Waals surface area contributed by atoms with Crippen molar-refractivity contribution in [3.63, 3.8) is 0 Å². The fourth-order valence-corrected chi connectivity index (χ4v) is 1.23. The van der Waals surface area contributed by atoms with Crippen molar-refractivity contribution < 1.29 is 4.79 Å². The van der Waals surface area contributed by atoms with Crippen LogP contribution < -0.4 is 0 Å². The Morgan fingerprint density at radius 3 is 3.09 bits per heavy atom. The van der Waals surface area contributed by atoms with E-state index in [1.165, 1.54) is 0 Å². The number of hydrogen-bond donors (Lipinski definition) is 0. The standard InChI is InChI=1S/C9H13NO/c1-2-3-6-10-7-4-5-9(11)8-10/h4-8H2,1H3. The first-order valence-corrected chi connectivity index (χ1v) is 3.96. The van der Waals surface area contributed by atoms with Crippen LogP contribution in [0.5, 0.6) is 0 Å². The summed E-state index contributed by atoms with van der Waals surface area (Å²) in [5, 5.41) is 0. The summed E-state index contributed by atoms with van der Waals surface area (Å²) in [6.45, 7) is 4.21. The maximum atomic E-state index is 10.9. The number of Topliss-reactive ketones (excluding diaryl/α,β-unsaturated/α-hetero) is 1. The van der Waals surface area contributed by atoms with E-state index in [2.05, 4.69) is 16.7 Å². The van der Waals surface area contributed by atoms with Gasteiger partial charge >= 0.3 is 0 Å². The summed E-state index contributed by atoms with van der Waals surface area (Å²) in [6.07, 6.45) is 1.76. The summed E-state index contributed by atoms with van der Waals surface area (Å²) >= 11 is 0. The molecule has 1 aliphatic rings. The molecule has 0 radical (unpaired) electrons. The Balaban J connectivity index is 2.32. The quantitative estimate of drug-likeness (QED) is 0.513. The minimum Gasteiger partial charge on any atom is -0.298 e.